The van der Waals surface area contributed by atoms with Crippen LogP contribution in [0.3, 0.4) is 0 Å². The smallest absolute Gasteiger partial charge is 0.155 e. The third kappa shape index (κ3) is 2.60. The highest BCUT2D eigenvalue weighted by Gasteiger charge is 2.11. The molecule has 0 unspecified atom stereocenters. The predicted molar refractivity (Wildman–Crippen MR) is 66.6 cm³/mol. The van der Waals surface area contributed by atoms with Gasteiger partial charge >= 0.3 is 0 Å². The Morgan fingerprint density at radius 2 is 2.00 bits per heavy atom. The fourth-order valence-corrected chi connectivity index (χ4v) is 2.24. The largest absolute Gasteiger partial charge is 0.295 e. The van der Waals surface area contributed by atoms with Crippen LogP contribution in [0.4, 0.5) is 0 Å². The van der Waals surface area contributed by atoms with Gasteiger partial charge in [-0.05, 0) is 50.3 Å². The van der Waals surface area contributed by atoms with Crippen molar-refractivity contribution in [2.75, 3.05) is 0 Å². The van der Waals surface area contributed by atoms with Gasteiger partial charge in [-0.25, -0.2) is 0 Å². The van der Waals surface area contributed by atoms with Crippen LogP contribution in [-0.4, -0.2) is 5.78 Å². The molecule has 1 aliphatic rings. The molecule has 0 aromatic heterocycles. The lowest BCUT2D eigenvalue weighted by atomic mass is 9.91. The number of rotatable bonds is 2. The van der Waals surface area contributed by atoms with Gasteiger partial charge in [-0.1, -0.05) is 29.3 Å². The zero-order valence-corrected chi connectivity index (χ0v) is 10.0. The zero-order chi connectivity index (χ0) is 11.5. The second kappa shape index (κ2) is 4.65. The van der Waals surface area contributed by atoms with Crippen molar-refractivity contribution in [1.82, 2.24) is 0 Å². The topological polar surface area (TPSA) is 17.1 Å². The van der Waals surface area contributed by atoms with Gasteiger partial charge < -0.3 is 0 Å². The first-order valence-electron chi connectivity index (χ1n) is 5.93. The molecule has 0 aliphatic heterocycles. The molecule has 0 radical (unpaired) electrons. The monoisotopic (exact) mass is 214 g/mol. The maximum atomic E-state index is 11.3. The highest BCUT2D eigenvalue weighted by molar-refractivity contribution is 5.91. The van der Waals surface area contributed by atoms with Crippen molar-refractivity contribution < 1.29 is 4.79 Å². The van der Waals surface area contributed by atoms with E-state index in [2.05, 4.69) is 32.0 Å². The zero-order valence-electron chi connectivity index (χ0n) is 10.0. The number of benzene rings is 1. The summed E-state index contributed by atoms with van der Waals surface area (Å²) in [5, 5.41) is 0. The Labute approximate surface area is 97.2 Å². The molecule has 0 amide bonds. The molecule has 0 N–H and O–H groups in total. The van der Waals surface area contributed by atoms with Gasteiger partial charge in [-0.15, -0.1) is 0 Å². The third-order valence-electron chi connectivity index (χ3n) is 3.21. The summed E-state index contributed by atoms with van der Waals surface area (Å²) in [4.78, 5) is 11.3. The minimum Gasteiger partial charge on any atom is -0.295 e. The number of carbonyl (C=O) groups excluding carboxylic acids is 1. The first kappa shape index (κ1) is 11.1. The van der Waals surface area contributed by atoms with Crippen LogP contribution in [-0.2, 0) is 11.2 Å². The van der Waals surface area contributed by atoms with Crippen molar-refractivity contribution in [3.63, 3.8) is 0 Å². The van der Waals surface area contributed by atoms with E-state index in [4.69, 9.17) is 0 Å². The lowest BCUT2D eigenvalue weighted by Gasteiger charge is -2.13. The highest BCUT2D eigenvalue weighted by atomic mass is 16.1. The molecular weight excluding hydrogens is 196 g/mol. The number of ketones is 1. The summed E-state index contributed by atoms with van der Waals surface area (Å²) in [6, 6.07) is 6.53. The summed E-state index contributed by atoms with van der Waals surface area (Å²) < 4.78 is 0. The standard InChI is InChI=1S/C15H18O/c1-11-6-7-12(2)14(8-11)9-13-4-3-5-15(16)10-13/h6-8,10H,3-5,9H2,1-2H3. The van der Waals surface area contributed by atoms with Crippen molar-refractivity contribution in [1.29, 1.82) is 0 Å². The van der Waals surface area contributed by atoms with Crippen LogP contribution < -0.4 is 0 Å². The lowest BCUT2D eigenvalue weighted by molar-refractivity contribution is -0.115. The number of aryl methyl sites for hydroxylation is 2. The van der Waals surface area contributed by atoms with Crippen molar-refractivity contribution in [3.05, 3.63) is 46.5 Å². The normalized spacial score (nSPS) is 16.1. The average molecular weight is 214 g/mol. The Morgan fingerprint density at radius 1 is 1.19 bits per heavy atom. The molecular formula is C15H18O. The molecule has 0 bridgehead atoms. The predicted octanol–water partition coefficient (Wildman–Crippen LogP) is 3.53. The molecule has 84 valence electrons. The molecule has 1 aromatic rings. The van der Waals surface area contributed by atoms with Crippen LogP contribution >= 0.6 is 0 Å². The molecule has 0 saturated carbocycles. The van der Waals surface area contributed by atoms with E-state index in [9.17, 15) is 4.79 Å². The molecule has 1 nitrogen and oxygen atoms in total. The van der Waals surface area contributed by atoms with Gasteiger partial charge in [0, 0.05) is 6.42 Å². The second-order valence-electron chi connectivity index (χ2n) is 4.73. The Kier molecular flexibility index (Phi) is 3.23. The molecule has 2 rings (SSSR count). The van der Waals surface area contributed by atoms with E-state index in [1.807, 2.05) is 6.08 Å². The molecule has 1 heteroatoms. The molecule has 0 saturated heterocycles. The van der Waals surface area contributed by atoms with Gasteiger partial charge in [0.05, 0.1) is 0 Å². The van der Waals surface area contributed by atoms with Crippen LogP contribution in [0.2, 0.25) is 0 Å². The van der Waals surface area contributed by atoms with E-state index in [1.54, 1.807) is 0 Å². The summed E-state index contributed by atoms with van der Waals surface area (Å²) in [6.07, 6.45) is 5.63. The highest BCUT2D eigenvalue weighted by Crippen LogP contribution is 2.21. The van der Waals surface area contributed by atoms with Crippen molar-refractivity contribution in [2.24, 2.45) is 0 Å². The number of allylic oxidation sites excluding steroid dienone is 2. The van der Waals surface area contributed by atoms with E-state index >= 15 is 0 Å². The van der Waals surface area contributed by atoms with Crippen molar-refractivity contribution in [2.45, 2.75) is 39.5 Å². The van der Waals surface area contributed by atoms with Gasteiger partial charge in [-0.2, -0.15) is 0 Å². The maximum absolute atomic E-state index is 11.3. The fourth-order valence-electron chi connectivity index (χ4n) is 2.24. The summed E-state index contributed by atoms with van der Waals surface area (Å²) in [7, 11) is 0. The lowest BCUT2D eigenvalue weighted by Crippen LogP contribution is -2.05. The van der Waals surface area contributed by atoms with Gasteiger partial charge in [0.1, 0.15) is 0 Å². The quantitative estimate of drug-likeness (QED) is 0.736. The Bertz CT molecular complexity index is 441. The van der Waals surface area contributed by atoms with Gasteiger partial charge in [0.15, 0.2) is 5.78 Å². The van der Waals surface area contributed by atoms with Crippen LogP contribution in [0, 0.1) is 13.8 Å². The number of carbonyl (C=O) groups is 1. The Hall–Kier alpha value is -1.37. The minimum atomic E-state index is 0.298. The van der Waals surface area contributed by atoms with E-state index < -0.39 is 0 Å². The SMILES string of the molecule is Cc1ccc(C)c(CC2=CC(=O)CCC2)c1. The molecule has 0 atom stereocenters. The van der Waals surface area contributed by atoms with Gasteiger partial charge in [-0.3, -0.25) is 4.79 Å². The molecule has 0 spiro atoms. The van der Waals surface area contributed by atoms with E-state index in [0.29, 0.717) is 5.78 Å². The molecule has 16 heavy (non-hydrogen) atoms. The molecule has 0 fully saturated rings. The first-order valence-corrected chi connectivity index (χ1v) is 5.93. The van der Waals surface area contributed by atoms with Crippen LogP contribution in [0.15, 0.2) is 29.8 Å². The van der Waals surface area contributed by atoms with E-state index in [0.717, 1.165) is 25.7 Å². The van der Waals surface area contributed by atoms with Crippen molar-refractivity contribution in [3.8, 4) is 0 Å². The second-order valence-corrected chi connectivity index (χ2v) is 4.73. The van der Waals surface area contributed by atoms with Crippen molar-refractivity contribution >= 4 is 5.78 Å². The van der Waals surface area contributed by atoms with E-state index in [-0.39, 0.29) is 0 Å². The fraction of sp³-hybridized carbons (Fsp3) is 0.400. The molecule has 1 aromatic carbocycles. The summed E-state index contributed by atoms with van der Waals surface area (Å²) in [5.74, 6) is 0.298. The van der Waals surface area contributed by atoms with Gasteiger partial charge in [0.25, 0.3) is 0 Å². The Morgan fingerprint density at radius 3 is 2.75 bits per heavy atom. The van der Waals surface area contributed by atoms with E-state index in [1.165, 1.54) is 22.3 Å². The average Bonchev–Trinajstić information content (AvgIpc) is 2.24. The van der Waals surface area contributed by atoms with Crippen LogP contribution in [0.1, 0.15) is 36.0 Å². The minimum absolute atomic E-state index is 0.298. The summed E-state index contributed by atoms with van der Waals surface area (Å²) in [5.41, 5.74) is 5.28. The third-order valence-corrected chi connectivity index (χ3v) is 3.21. The summed E-state index contributed by atoms with van der Waals surface area (Å²) in [6.45, 7) is 4.25. The van der Waals surface area contributed by atoms with Crippen LogP contribution in [0.25, 0.3) is 0 Å². The maximum Gasteiger partial charge on any atom is 0.155 e. The molecule has 0 heterocycles. The number of hydrogen-bond donors (Lipinski definition) is 0. The van der Waals surface area contributed by atoms with Gasteiger partial charge in [0.2, 0.25) is 0 Å². The molecule has 1 aliphatic carbocycles. The van der Waals surface area contributed by atoms with Crippen LogP contribution in [0.5, 0.6) is 0 Å². The number of hydrogen-bond acceptors (Lipinski definition) is 1. The first-order chi connectivity index (χ1) is 7.65. The summed E-state index contributed by atoms with van der Waals surface area (Å²) >= 11 is 0. The Balaban J connectivity index is 2.20.